The maximum atomic E-state index is 11.6. The van der Waals surface area contributed by atoms with E-state index < -0.39 is 28.8 Å². The van der Waals surface area contributed by atoms with Crippen molar-refractivity contribution in [3.8, 4) is 0 Å². The molecule has 31 heavy (non-hydrogen) atoms. The topological polar surface area (TPSA) is 124 Å². The third-order valence-corrected chi connectivity index (χ3v) is 10.2. The van der Waals surface area contributed by atoms with E-state index in [4.69, 9.17) is 9.15 Å². The molecule has 10 atom stereocenters. The second-order valence-corrected chi connectivity index (χ2v) is 11.2. The van der Waals surface area contributed by atoms with Gasteiger partial charge in [-0.05, 0) is 62.0 Å². The number of epoxide rings is 1. The average Bonchev–Trinajstić information content (AvgIpc) is 3.39. The van der Waals surface area contributed by atoms with Crippen molar-refractivity contribution in [3.05, 3.63) is 34.4 Å². The molecule has 10 unspecified atom stereocenters. The Balaban J connectivity index is 1.42. The summed E-state index contributed by atoms with van der Waals surface area (Å²) < 4.78 is 11.6. The zero-order valence-corrected chi connectivity index (χ0v) is 17.9. The van der Waals surface area contributed by atoms with Gasteiger partial charge in [-0.2, -0.15) is 0 Å². The first kappa shape index (κ1) is 20.4. The molecule has 4 saturated carbocycles. The molecule has 0 bridgehead atoms. The van der Waals surface area contributed by atoms with Gasteiger partial charge in [-0.15, -0.1) is 0 Å². The molecule has 0 amide bonds. The van der Waals surface area contributed by atoms with Crippen molar-refractivity contribution in [3.63, 3.8) is 0 Å². The summed E-state index contributed by atoms with van der Waals surface area (Å²) >= 11 is 0. The third-order valence-electron chi connectivity index (χ3n) is 10.2. The molecule has 170 valence electrons. The molecule has 5 fully saturated rings. The fraction of sp³-hybridized carbons (Fsp3) is 0.792. The summed E-state index contributed by atoms with van der Waals surface area (Å²) in [5, 5.41) is 44.0. The van der Waals surface area contributed by atoms with Crippen LogP contribution in [0.5, 0.6) is 0 Å². The van der Waals surface area contributed by atoms with Gasteiger partial charge in [0.2, 0.25) is 0 Å². The monoisotopic (exact) mass is 432 g/mol. The lowest BCUT2D eigenvalue weighted by atomic mass is 9.41. The molecule has 1 spiro atoms. The first-order chi connectivity index (χ1) is 14.7. The van der Waals surface area contributed by atoms with Crippen LogP contribution in [0.1, 0.15) is 63.4 Å². The van der Waals surface area contributed by atoms with Crippen molar-refractivity contribution >= 4 is 0 Å². The van der Waals surface area contributed by atoms with Crippen molar-refractivity contribution < 1.29 is 29.6 Å². The van der Waals surface area contributed by atoms with E-state index in [-0.39, 0.29) is 47.9 Å². The molecule has 1 aliphatic heterocycles. The summed E-state index contributed by atoms with van der Waals surface area (Å²) in [5.41, 5.74) is -2.11. The van der Waals surface area contributed by atoms with Gasteiger partial charge in [0.1, 0.15) is 5.60 Å². The highest BCUT2D eigenvalue weighted by atomic mass is 16.6. The molecule has 4 N–H and O–H groups in total. The smallest absolute Gasteiger partial charge is 0.335 e. The number of fused-ring (bicyclic) bond motifs is 3. The maximum Gasteiger partial charge on any atom is 0.335 e. The van der Waals surface area contributed by atoms with E-state index in [0.717, 1.165) is 12.0 Å². The molecule has 0 aromatic carbocycles. The van der Waals surface area contributed by atoms with Gasteiger partial charge >= 0.3 is 5.63 Å². The Morgan fingerprint density at radius 2 is 1.97 bits per heavy atom. The average molecular weight is 433 g/mol. The van der Waals surface area contributed by atoms with Crippen LogP contribution in [-0.4, -0.2) is 56.5 Å². The van der Waals surface area contributed by atoms with Gasteiger partial charge in [0, 0.05) is 29.2 Å². The second-order valence-electron chi connectivity index (χ2n) is 11.2. The Kier molecular flexibility index (Phi) is 4.07. The number of aliphatic hydroxyl groups excluding tert-OH is 3. The van der Waals surface area contributed by atoms with E-state index >= 15 is 0 Å². The summed E-state index contributed by atoms with van der Waals surface area (Å²) in [6.07, 6.45) is 4.18. The standard InChI is InChI=1S/C24H32O7/c1-21-10-17(27)20-15(5-7-23(29)9-14(26)4-6-22(20,23)12-25)24(21)18(31-24)8-16(21)13-2-3-19(28)30-11-13/h2-3,11,14-18,20,25-27,29H,4-10,12H2,1H3. The largest absolute Gasteiger partial charge is 0.431 e. The van der Waals surface area contributed by atoms with Gasteiger partial charge in [-0.3, -0.25) is 0 Å². The highest BCUT2D eigenvalue weighted by Gasteiger charge is 2.83. The summed E-state index contributed by atoms with van der Waals surface area (Å²) in [4.78, 5) is 11.5. The lowest BCUT2D eigenvalue weighted by Gasteiger charge is -2.65. The van der Waals surface area contributed by atoms with Gasteiger partial charge in [-0.1, -0.05) is 6.92 Å². The molecule has 7 heteroatoms. The lowest BCUT2D eigenvalue weighted by Crippen LogP contribution is -2.70. The minimum absolute atomic E-state index is 0.0367. The van der Waals surface area contributed by atoms with E-state index in [0.29, 0.717) is 32.1 Å². The van der Waals surface area contributed by atoms with Gasteiger partial charge in [0.15, 0.2) is 0 Å². The van der Waals surface area contributed by atoms with Crippen molar-refractivity contribution in [1.82, 2.24) is 0 Å². The predicted molar refractivity (Wildman–Crippen MR) is 109 cm³/mol. The summed E-state index contributed by atoms with van der Waals surface area (Å²) in [6, 6.07) is 3.28. The molecular weight excluding hydrogens is 400 g/mol. The van der Waals surface area contributed by atoms with E-state index in [2.05, 4.69) is 6.92 Å². The van der Waals surface area contributed by atoms with Crippen molar-refractivity contribution in [1.29, 1.82) is 0 Å². The Morgan fingerprint density at radius 3 is 2.68 bits per heavy atom. The Bertz CT molecular complexity index is 941. The van der Waals surface area contributed by atoms with E-state index in [1.807, 2.05) is 6.07 Å². The van der Waals surface area contributed by atoms with E-state index in [1.54, 1.807) is 6.26 Å². The first-order valence-corrected chi connectivity index (χ1v) is 11.7. The van der Waals surface area contributed by atoms with E-state index in [1.165, 1.54) is 6.07 Å². The Morgan fingerprint density at radius 1 is 1.16 bits per heavy atom. The summed E-state index contributed by atoms with van der Waals surface area (Å²) in [7, 11) is 0. The van der Waals surface area contributed by atoms with Crippen LogP contribution in [0.15, 0.2) is 27.6 Å². The van der Waals surface area contributed by atoms with Gasteiger partial charge < -0.3 is 29.6 Å². The van der Waals surface area contributed by atoms with Crippen LogP contribution in [0, 0.1) is 22.7 Å². The molecule has 6 rings (SSSR count). The normalized spacial score (nSPS) is 55.0. The van der Waals surface area contributed by atoms with Crippen molar-refractivity contribution in [2.24, 2.45) is 22.7 Å². The molecule has 5 aliphatic rings. The fourth-order valence-electron chi connectivity index (χ4n) is 8.95. The SMILES string of the molecule is CC12CC(O)C3C(CCC4(O)CC(O)CCC34CO)C13OC3CC2c1ccc(=O)oc1. The highest BCUT2D eigenvalue weighted by molar-refractivity contribution is 5.36. The van der Waals surface area contributed by atoms with Gasteiger partial charge in [0.05, 0.1) is 36.8 Å². The van der Waals surface area contributed by atoms with E-state index in [9.17, 15) is 25.2 Å². The molecule has 1 aromatic heterocycles. The number of aliphatic hydroxyl groups is 4. The quantitative estimate of drug-likeness (QED) is 0.520. The van der Waals surface area contributed by atoms with Crippen LogP contribution in [0.3, 0.4) is 0 Å². The Hall–Kier alpha value is -1.25. The molecular formula is C24H32O7. The van der Waals surface area contributed by atoms with Crippen LogP contribution in [0.4, 0.5) is 0 Å². The van der Waals surface area contributed by atoms with Crippen LogP contribution in [-0.2, 0) is 4.74 Å². The zero-order valence-electron chi connectivity index (χ0n) is 17.9. The van der Waals surface area contributed by atoms with Crippen molar-refractivity contribution in [2.75, 3.05) is 6.61 Å². The minimum Gasteiger partial charge on any atom is -0.431 e. The number of hydrogen-bond donors (Lipinski definition) is 4. The molecule has 2 heterocycles. The fourth-order valence-corrected chi connectivity index (χ4v) is 8.95. The Labute approximate surface area is 181 Å². The van der Waals surface area contributed by atoms with Crippen LogP contribution in [0.25, 0.3) is 0 Å². The summed E-state index contributed by atoms with van der Waals surface area (Å²) in [5.74, 6) is -0.116. The first-order valence-electron chi connectivity index (χ1n) is 11.7. The second kappa shape index (κ2) is 6.20. The molecule has 4 aliphatic carbocycles. The molecule has 0 radical (unpaired) electrons. The highest BCUT2D eigenvalue weighted by Crippen LogP contribution is 2.78. The zero-order chi connectivity index (χ0) is 21.8. The van der Waals surface area contributed by atoms with Crippen LogP contribution in [0.2, 0.25) is 0 Å². The number of hydrogen-bond acceptors (Lipinski definition) is 7. The summed E-state index contributed by atoms with van der Waals surface area (Å²) in [6.45, 7) is 1.99. The minimum atomic E-state index is -1.17. The maximum absolute atomic E-state index is 11.6. The molecule has 1 aromatic rings. The molecule has 7 nitrogen and oxygen atoms in total. The third kappa shape index (κ3) is 2.29. The van der Waals surface area contributed by atoms with Crippen LogP contribution >= 0.6 is 0 Å². The molecule has 1 saturated heterocycles. The van der Waals surface area contributed by atoms with Crippen LogP contribution < -0.4 is 5.63 Å². The van der Waals surface area contributed by atoms with Gasteiger partial charge in [0.25, 0.3) is 0 Å². The number of rotatable bonds is 2. The van der Waals surface area contributed by atoms with Crippen molar-refractivity contribution in [2.45, 2.75) is 87.3 Å². The van der Waals surface area contributed by atoms with Gasteiger partial charge in [-0.25, -0.2) is 4.79 Å². The lowest BCUT2D eigenvalue weighted by molar-refractivity contribution is -0.265. The predicted octanol–water partition coefficient (Wildman–Crippen LogP) is 1.32. The number of ether oxygens (including phenoxy) is 1.